The number of amides is 2. The highest BCUT2D eigenvalue weighted by Gasteiger charge is 2.46. The number of nitrogens with two attached hydrogens (primary N) is 1. The molecule has 2 atom stereocenters. The molecule has 0 saturated carbocycles. The Morgan fingerprint density at radius 1 is 0.966 bits per heavy atom. The number of benzene rings is 2. The molecule has 0 saturated heterocycles. The molecule has 2 unspecified atom stereocenters. The molecule has 0 bridgehead atoms. The van der Waals surface area contributed by atoms with Crippen LogP contribution < -0.4 is 24.7 Å². The molecule has 4 rings (SSSR count). The van der Waals surface area contributed by atoms with Gasteiger partial charge >= 0.3 is 6.03 Å². The lowest BCUT2D eigenvalue weighted by Crippen LogP contribution is -2.34. The van der Waals surface area contributed by atoms with Crippen LogP contribution in [0.5, 0.6) is 23.0 Å². The molecule has 0 aromatic heterocycles. The molecule has 2 aromatic rings. The van der Waals surface area contributed by atoms with Crippen LogP contribution in [0.4, 0.5) is 4.79 Å². The molecule has 0 fully saturated rings. The van der Waals surface area contributed by atoms with Gasteiger partial charge in [0, 0.05) is 11.5 Å². The molecule has 8 nitrogen and oxygen atoms in total. The number of ether oxygens (including phenoxy) is 4. The third-order valence-electron chi connectivity index (χ3n) is 5.51. The predicted octanol–water partition coefficient (Wildman–Crippen LogP) is 2.73. The summed E-state index contributed by atoms with van der Waals surface area (Å²) in [5, 5.41) is 5.93. The zero-order valence-corrected chi connectivity index (χ0v) is 16.8. The summed E-state index contributed by atoms with van der Waals surface area (Å²) >= 11 is 0. The van der Waals surface area contributed by atoms with Crippen LogP contribution in [0.15, 0.2) is 35.4 Å². The van der Waals surface area contributed by atoms with E-state index < -0.39 is 6.03 Å². The number of carbonyl (C=O) groups is 1. The summed E-state index contributed by atoms with van der Waals surface area (Å²) in [6.45, 7) is 0. The maximum atomic E-state index is 12.2. The second-order valence-corrected chi connectivity index (χ2v) is 6.90. The maximum absolute atomic E-state index is 12.2. The summed E-state index contributed by atoms with van der Waals surface area (Å²) in [5.74, 6) is 2.45. The van der Waals surface area contributed by atoms with E-state index in [-0.39, 0.29) is 12.0 Å². The van der Waals surface area contributed by atoms with Gasteiger partial charge in [0.2, 0.25) is 0 Å². The average molecular weight is 397 g/mol. The molecular formula is C21H23N3O5. The molecule has 1 heterocycles. The highest BCUT2D eigenvalue weighted by Crippen LogP contribution is 2.47. The molecule has 1 aliphatic carbocycles. The standard InChI is InChI=1S/C21H23N3O5/c1-26-15-6-5-11(8-16(15)27-2)20-14-7-12-9-17(28-3)18(29-4)10-13(12)19(14)23-24(20)21(22)25/h5-6,8-10,14,20H,7H2,1-4H3,(H2,22,25). The summed E-state index contributed by atoms with van der Waals surface area (Å²) in [6.07, 6.45) is 0.706. The van der Waals surface area contributed by atoms with E-state index in [1.165, 1.54) is 5.01 Å². The number of primary amides is 1. The van der Waals surface area contributed by atoms with Crippen molar-refractivity contribution in [3.63, 3.8) is 0 Å². The first-order valence-electron chi connectivity index (χ1n) is 9.16. The van der Waals surface area contributed by atoms with Crippen LogP contribution in [0.2, 0.25) is 0 Å². The smallest absolute Gasteiger partial charge is 0.335 e. The lowest BCUT2D eigenvalue weighted by Gasteiger charge is -2.25. The van der Waals surface area contributed by atoms with E-state index in [9.17, 15) is 4.79 Å². The van der Waals surface area contributed by atoms with Gasteiger partial charge in [0.1, 0.15) is 0 Å². The van der Waals surface area contributed by atoms with Crippen LogP contribution in [0.1, 0.15) is 22.7 Å². The lowest BCUT2D eigenvalue weighted by atomic mass is 9.90. The number of methoxy groups -OCH3 is 4. The summed E-state index contributed by atoms with van der Waals surface area (Å²) in [4.78, 5) is 12.2. The molecule has 152 valence electrons. The van der Waals surface area contributed by atoms with Crippen LogP contribution >= 0.6 is 0 Å². The van der Waals surface area contributed by atoms with E-state index in [2.05, 4.69) is 5.10 Å². The van der Waals surface area contributed by atoms with Crippen molar-refractivity contribution in [2.24, 2.45) is 16.8 Å². The number of urea groups is 1. The lowest BCUT2D eigenvalue weighted by molar-refractivity contribution is 0.185. The maximum Gasteiger partial charge on any atom is 0.335 e. The minimum Gasteiger partial charge on any atom is -0.493 e. The van der Waals surface area contributed by atoms with Gasteiger partial charge in [-0.25, -0.2) is 9.80 Å². The Hall–Kier alpha value is -3.42. The van der Waals surface area contributed by atoms with Crippen LogP contribution in [0.25, 0.3) is 0 Å². The normalized spacial score (nSPS) is 19.3. The molecular weight excluding hydrogens is 374 g/mol. The third kappa shape index (κ3) is 2.91. The van der Waals surface area contributed by atoms with Gasteiger partial charge < -0.3 is 24.7 Å². The summed E-state index contributed by atoms with van der Waals surface area (Å²) in [7, 11) is 6.36. The first-order chi connectivity index (χ1) is 14.0. The Balaban J connectivity index is 1.79. The van der Waals surface area contributed by atoms with E-state index in [0.29, 0.717) is 29.4 Å². The Bertz CT molecular complexity index is 1000. The molecule has 2 aliphatic rings. The van der Waals surface area contributed by atoms with Crippen LogP contribution in [0, 0.1) is 5.92 Å². The number of rotatable bonds is 5. The molecule has 2 aromatic carbocycles. The minimum atomic E-state index is -0.603. The van der Waals surface area contributed by atoms with Gasteiger partial charge in [-0.05, 0) is 41.8 Å². The molecule has 8 heteroatoms. The van der Waals surface area contributed by atoms with Crippen molar-refractivity contribution < 1.29 is 23.7 Å². The van der Waals surface area contributed by atoms with Gasteiger partial charge in [-0.3, -0.25) is 0 Å². The van der Waals surface area contributed by atoms with E-state index >= 15 is 0 Å². The Morgan fingerprint density at radius 3 is 2.21 bits per heavy atom. The van der Waals surface area contributed by atoms with Crippen molar-refractivity contribution in [1.82, 2.24) is 5.01 Å². The van der Waals surface area contributed by atoms with Crippen molar-refractivity contribution >= 4 is 11.7 Å². The van der Waals surface area contributed by atoms with Gasteiger partial charge in [0.15, 0.2) is 23.0 Å². The Kier molecular flexibility index (Phi) is 4.70. The van der Waals surface area contributed by atoms with E-state index in [1.807, 2.05) is 30.3 Å². The van der Waals surface area contributed by atoms with Crippen molar-refractivity contribution in [3.8, 4) is 23.0 Å². The largest absolute Gasteiger partial charge is 0.493 e. The Morgan fingerprint density at radius 2 is 1.59 bits per heavy atom. The van der Waals surface area contributed by atoms with Crippen molar-refractivity contribution in [1.29, 1.82) is 0 Å². The number of hydrazone groups is 1. The van der Waals surface area contributed by atoms with Gasteiger partial charge in [-0.2, -0.15) is 5.10 Å². The zero-order valence-electron chi connectivity index (χ0n) is 16.8. The fourth-order valence-electron chi connectivity index (χ4n) is 4.20. The number of fused-ring (bicyclic) bond motifs is 3. The van der Waals surface area contributed by atoms with Crippen LogP contribution in [0.3, 0.4) is 0 Å². The zero-order chi connectivity index (χ0) is 20.7. The first-order valence-corrected chi connectivity index (χ1v) is 9.16. The predicted molar refractivity (Wildman–Crippen MR) is 107 cm³/mol. The van der Waals surface area contributed by atoms with Crippen molar-refractivity contribution in [3.05, 3.63) is 47.0 Å². The quantitative estimate of drug-likeness (QED) is 0.837. The number of hydrogen-bond acceptors (Lipinski definition) is 6. The second-order valence-electron chi connectivity index (χ2n) is 6.90. The van der Waals surface area contributed by atoms with Crippen LogP contribution in [-0.2, 0) is 6.42 Å². The number of carbonyl (C=O) groups excluding carboxylic acids is 1. The Labute approximate surface area is 168 Å². The monoisotopic (exact) mass is 397 g/mol. The summed E-state index contributed by atoms with van der Waals surface area (Å²) in [5.41, 5.74) is 9.39. The highest BCUT2D eigenvalue weighted by molar-refractivity contribution is 6.09. The van der Waals surface area contributed by atoms with E-state index in [4.69, 9.17) is 24.7 Å². The van der Waals surface area contributed by atoms with Crippen molar-refractivity contribution in [2.45, 2.75) is 12.5 Å². The number of nitrogens with zero attached hydrogens (tertiary/aromatic N) is 2. The third-order valence-corrected chi connectivity index (χ3v) is 5.51. The highest BCUT2D eigenvalue weighted by atomic mass is 16.5. The van der Waals surface area contributed by atoms with E-state index in [0.717, 1.165) is 22.4 Å². The van der Waals surface area contributed by atoms with E-state index in [1.54, 1.807) is 28.4 Å². The topological polar surface area (TPSA) is 95.6 Å². The van der Waals surface area contributed by atoms with Gasteiger partial charge in [0.05, 0.1) is 40.2 Å². The van der Waals surface area contributed by atoms with Gasteiger partial charge in [-0.1, -0.05) is 6.07 Å². The van der Waals surface area contributed by atoms with Gasteiger partial charge in [-0.15, -0.1) is 0 Å². The fraction of sp³-hybridized carbons (Fsp3) is 0.333. The number of hydrogen-bond donors (Lipinski definition) is 1. The summed E-state index contributed by atoms with van der Waals surface area (Å²) < 4.78 is 21.6. The second kappa shape index (κ2) is 7.20. The molecule has 0 radical (unpaired) electrons. The molecule has 2 amide bonds. The fourth-order valence-corrected chi connectivity index (χ4v) is 4.20. The van der Waals surface area contributed by atoms with Crippen LogP contribution in [-0.4, -0.2) is 45.2 Å². The van der Waals surface area contributed by atoms with Gasteiger partial charge in [0.25, 0.3) is 0 Å². The molecule has 29 heavy (non-hydrogen) atoms. The SMILES string of the molecule is COc1ccc(C2C3Cc4cc(OC)c(OC)cc4C3=NN2C(N)=O)cc1OC. The molecule has 0 spiro atoms. The summed E-state index contributed by atoms with van der Waals surface area (Å²) in [6, 6.07) is 8.52. The molecule has 1 aliphatic heterocycles. The van der Waals surface area contributed by atoms with Crippen molar-refractivity contribution in [2.75, 3.05) is 28.4 Å². The average Bonchev–Trinajstić information content (AvgIpc) is 3.27. The first kappa shape index (κ1) is 18.9. The molecule has 2 N–H and O–H groups in total. The minimum absolute atomic E-state index is 0.0348.